The van der Waals surface area contributed by atoms with Crippen LogP contribution in [-0.2, 0) is 4.79 Å². The molecule has 0 radical (unpaired) electrons. The van der Waals surface area contributed by atoms with Gasteiger partial charge < -0.3 is 0 Å². The van der Waals surface area contributed by atoms with Gasteiger partial charge in [0.1, 0.15) is 5.78 Å². The Kier molecular flexibility index (Phi) is 14.7. The quantitative estimate of drug-likeness (QED) is 0.235. The molecule has 0 aromatic carbocycles. The van der Waals surface area contributed by atoms with E-state index in [9.17, 15) is 4.79 Å². The van der Waals surface area contributed by atoms with Gasteiger partial charge in [0.15, 0.2) is 0 Å². The summed E-state index contributed by atoms with van der Waals surface area (Å²) in [6, 6.07) is 0. The molecule has 138 valence electrons. The molecule has 0 N–H and O–H groups in total. The summed E-state index contributed by atoms with van der Waals surface area (Å²) < 4.78 is 0. The van der Waals surface area contributed by atoms with Gasteiger partial charge in [0.2, 0.25) is 0 Å². The molecule has 0 aliphatic heterocycles. The van der Waals surface area contributed by atoms with Gasteiger partial charge >= 0.3 is 0 Å². The van der Waals surface area contributed by atoms with Crippen LogP contribution in [0.4, 0.5) is 0 Å². The van der Waals surface area contributed by atoms with Crippen molar-refractivity contribution in [2.45, 2.75) is 105 Å². The molecule has 0 bridgehead atoms. The number of carbonyl (C=O) groups excluding carboxylic acids is 1. The highest BCUT2D eigenvalue weighted by Gasteiger charge is 2.00. The van der Waals surface area contributed by atoms with Crippen molar-refractivity contribution in [1.29, 1.82) is 0 Å². The fourth-order valence-electron chi connectivity index (χ4n) is 2.69. The van der Waals surface area contributed by atoms with Crippen LogP contribution < -0.4 is 0 Å². The van der Waals surface area contributed by atoms with Crippen molar-refractivity contribution in [2.24, 2.45) is 0 Å². The number of Topliss-reactive ketones (excluding diaryl/α,β-unsaturated/α-hetero) is 1. The van der Waals surface area contributed by atoms with E-state index < -0.39 is 0 Å². The summed E-state index contributed by atoms with van der Waals surface area (Å²) in [5.41, 5.74) is 4.31. The molecular formula is C23H40O. The van der Waals surface area contributed by atoms with Gasteiger partial charge in [-0.05, 0) is 66.2 Å². The van der Waals surface area contributed by atoms with E-state index in [4.69, 9.17) is 0 Å². The number of hydrogen-bond acceptors (Lipinski definition) is 1. The maximum Gasteiger partial charge on any atom is 0.133 e. The van der Waals surface area contributed by atoms with Crippen LogP contribution in [0.3, 0.4) is 0 Å². The Morgan fingerprint density at radius 1 is 0.667 bits per heavy atom. The standard InChI is InChI=1S/C23H40O/c1-6-7-8-9-18-23(24)19-12-17-22(5)16-11-15-21(4)14-10-13-20(2)3/h13,15,17H,6-12,14,16,18-19H2,1-5H3. The van der Waals surface area contributed by atoms with Gasteiger partial charge in [-0.3, -0.25) is 4.79 Å². The fourth-order valence-corrected chi connectivity index (χ4v) is 2.69. The zero-order chi connectivity index (χ0) is 18.2. The number of allylic oxidation sites excluding steroid dienone is 6. The largest absolute Gasteiger partial charge is 0.300 e. The third kappa shape index (κ3) is 15.8. The minimum absolute atomic E-state index is 0.435. The molecule has 0 amide bonds. The minimum Gasteiger partial charge on any atom is -0.300 e. The third-order valence-corrected chi connectivity index (χ3v) is 4.35. The van der Waals surface area contributed by atoms with Crippen LogP contribution in [0.2, 0.25) is 0 Å². The molecule has 0 aliphatic rings. The normalized spacial score (nSPS) is 12.4. The van der Waals surface area contributed by atoms with E-state index in [1.165, 1.54) is 42.4 Å². The summed E-state index contributed by atoms with van der Waals surface area (Å²) in [6.45, 7) is 10.9. The molecule has 0 aromatic rings. The summed E-state index contributed by atoms with van der Waals surface area (Å²) in [7, 11) is 0. The summed E-state index contributed by atoms with van der Waals surface area (Å²) in [5, 5.41) is 0. The molecule has 0 rings (SSSR count). The second kappa shape index (κ2) is 15.4. The van der Waals surface area contributed by atoms with Crippen molar-refractivity contribution in [1.82, 2.24) is 0 Å². The van der Waals surface area contributed by atoms with Gasteiger partial charge in [-0.25, -0.2) is 0 Å². The van der Waals surface area contributed by atoms with Gasteiger partial charge in [0, 0.05) is 12.8 Å². The van der Waals surface area contributed by atoms with Gasteiger partial charge in [-0.2, -0.15) is 0 Å². The molecule has 0 saturated heterocycles. The Bertz CT molecular complexity index is 419. The van der Waals surface area contributed by atoms with E-state index in [0.717, 1.165) is 44.9 Å². The molecule has 1 nitrogen and oxygen atoms in total. The number of hydrogen-bond donors (Lipinski definition) is 0. The summed E-state index contributed by atoms with van der Waals surface area (Å²) >= 11 is 0. The van der Waals surface area contributed by atoms with E-state index in [0.29, 0.717) is 5.78 Å². The monoisotopic (exact) mass is 332 g/mol. The second-order valence-electron chi connectivity index (χ2n) is 7.35. The predicted octanol–water partition coefficient (Wildman–Crippen LogP) is 7.73. The highest BCUT2D eigenvalue weighted by Crippen LogP contribution is 2.13. The molecule has 0 atom stereocenters. The van der Waals surface area contributed by atoms with Crippen LogP contribution in [0.15, 0.2) is 34.9 Å². The van der Waals surface area contributed by atoms with Crippen LogP contribution in [0, 0.1) is 0 Å². The minimum atomic E-state index is 0.435. The number of carbonyl (C=O) groups is 1. The Balaban J connectivity index is 3.82. The van der Waals surface area contributed by atoms with Crippen LogP contribution >= 0.6 is 0 Å². The lowest BCUT2D eigenvalue weighted by Crippen LogP contribution is -1.96. The Hall–Kier alpha value is -1.11. The SMILES string of the molecule is CCCCCCC(=O)CCC=C(C)CCC=C(C)CCC=C(C)C. The predicted molar refractivity (Wildman–Crippen MR) is 108 cm³/mol. The third-order valence-electron chi connectivity index (χ3n) is 4.35. The van der Waals surface area contributed by atoms with Crippen molar-refractivity contribution in [2.75, 3.05) is 0 Å². The number of rotatable bonds is 14. The van der Waals surface area contributed by atoms with Crippen molar-refractivity contribution in [3.63, 3.8) is 0 Å². The highest BCUT2D eigenvalue weighted by molar-refractivity contribution is 5.78. The average Bonchev–Trinajstić information content (AvgIpc) is 2.51. The maximum atomic E-state index is 11.8. The molecule has 0 fully saturated rings. The first kappa shape index (κ1) is 22.9. The Morgan fingerprint density at radius 3 is 1.75 bits per heavy atom. The second-order valence-corrected chi connectivity index (χ2v) is 7.35. The average molecular weight is 333 g/mol. The first-order valence-electron chi connectivity index (χ1n) is 9.92. The van der Waals surface area contributed by atoms with Crippen molar-refractivity contribution < 1.29 is 4.79 Å². The van der Waals surface area contributed by atoms with Gasteiger partial charge in [-0.1, -0.05) is 61.1 Å². The van der Waals surface area contributed by atoms with Gasteiger partial charge in [0.25, 0.3) is 0 Å². The molecule has 0 saturated carbocycles. The van der Waals surface area contributed by atoms with Crippen molar-refractivity contribution >= 4 is 5.78 Å². The highest BCUT2D eigenvalue weighted by atomic mass is 16.1. The first-order valence-corrected chi connectivity index (χ1v) is 9.92. The van der Waals surface area contributed by atoms with E-state index >= 15 is 0 Å². The maximum absolute atomic E-state index is 11.8. The Morgan fingerprint density at radius 2 is 1.21 bits per heavy atom. The summed E-state index contributed by atoms with van der Waals surface area (Å²) in [6.07, 6.45) is 18.7. The van der Waals surface area contributed by atoms with Crippen LogP contribution in [0.1, 0.15) is 105 Å². The lowest BCUT2D eigenvalue weighted by Gasteiger charge is -2.02. The molecule has 0 heterocycles. The van der Waals surface area contributed by atoms with Crippen LogP contribution in [0.5, 0.6) is 0 Å². The smallest absolute Gasteiger partial charge is 0.133 e. The summed E-state index contributed by atoms with van der Waals surface area (Å²) in [4.78, 5) is 11.8. The van der Waals surface area contributed by atoms with Gasteiger partial charge in [-0.15, -0.1) is 0 Å². The molecular weight excluding hydrogens is 292 g/mol. The van der Waals surface area contributed by atoms with E-state index in [2.05, 4.69) is 52.8 Å². The zero-order valence-electron chi connectivity index (χ0n) is 16.9. The lowest BCUT2D eigenvalue weighted by molar-refractivity contribution is -0.119. The van der Waals surface area contributed by atoms with Crippen LogP contribution in [0.25, 0.3) is 0 Å². The number of unbranched alkanes of at least 4 members (excludes halogenated alkanes) is 3. The summed E-state index contributed by atoms with van der Waals surface area (Å²) in [5.74, 6) is 0.435. The molecule has 0 unspecified atom stereocenters. The van der Waals surface area contributed by atoms with E-state index in [1.54, 1.807) is 0 Å². The molecule has 1 heteroatoms. The molecule has 0 spiro atoms. The molecule has 0 aromatic heterocycles. The first-order chi connectivity index (χ1) is 11.5. The van der Waals surface area contributed by atoms with E-state index in [-0.39, 0.29) is 0 Å². The lowest BCUT2D eigenvalue weighted by atomic mass is 10.0. The van der Waals surface area contributed by atoms with Crippen LogP contribution in [-0.4, -0.2) is 5.78 Å². The topological polar surface area (TPSA) is 17.1 Å². The van der Waals surface area contributed by atoms with E-state index in [1.807, 2.05) is 0 Å². The zero-order valence-corrected chi connectivity index (χ0v) is 16.9. The number of ketones is 1. The molecule has 24 heavy (non-hydrogen) atoms. The van der Waals surface area contributed by atoms with Gasteiger partial charge in [0.05, 0.1) is 0 Å². The van der Waals surface area contributed by atoms with Crippen molar-refractivity contribution in [3.05, 3.63) is 34.9 Å². The molecule has 0 aliphatic carbocycles. The fraction of sp³-hybridized carbons (Fsp3) is 0.696. The Labute approximate surface area is 151 Å². The van der Waals surface area contributed by atoms with Crippen molar-refractivity contribution in [3.8, 4) is 0 Å².